The summed E-state index contributed by atoms with van der Waals surface area (Å²) in [6, 6.07) is 26.6. The largest absolute Gasteiger partial charge is 0.454 e. The molecular formula is C28H22N4O4S. The number of anilines is 1. The molecule has 1 aliphatic rings. The van der Waals surface area contributed by atoms with E-state index in [1.807, 2.05) is 66.7 Å². The molecule has 2 aromatic heterocycles. The van der Waals surface area contributed by atoms with Crippen LogP contribution < -0.4 is 20.3 Å². The van der Waals surface area contributed by atoms with Gasteiger partial charge in [-0.05, 0) is 29.3 Å². The second-order valence-electron chi connectivity index (χ2n) is 8.49. The summed E-state index contributed by atoms with van der Waals surface area (Å²) < 4.78 is 12.3. The topological polar surface area (TPSA) is 98.2 Å². The number of thioether (sulfide) groups is 1. The fourth-order valence-corrected chi connectivity index (χ4v) is 4.97. The highest BCUT2D eigenvalue weighted by atomic mass is 32.2. The lowest BCUT2D eigenvalue weighted by Gasteiger charge is -2.12. The average Bonchev–Trinajstić information content (AvgIpc) is 3.57. The SMILES string of the molecule is O=C(CSc1nc2cc(-c3ccccc3)[nH]c2c(=O)n1Cc1ccccc1)Nc1ccc2c(c1)OCO2. The first-order chi connectivity index (χ1) is 18.1. The highest BCUT2D eigenvalue weighted by Gasteiger charge is 2.18. The van der Waals surface area contributed by atoms with Crippen LogP contribution in [0.2, 0.25) is 0 Å². The third-order valence-corrected chi connectivity index (χ3v) is 6.94. The summed E-state index contributed by atoms with van der Waals surface area (Å²) >= 11 is 1.22. The Kier molecular flexibility index (Phi) is 6.11. The van der Waals surface area contributed by atoms with E-state index in [2.05, 4.69) is 10.3 Å². The van der Waals surface area contributed by atoms with Gasteiger partial charge in [-0.2, -0.15) is 0 Å². The zero-order valence-electron chi connectivity index (χ0n) is 19.6. The van der Waals surface area contributed by atoms with Crippen molar-refractivity contribution in [2.75, 3.05) is 17.9 Å². The average molecular weight is 511 g/mol. The van der Waals surface area contributed by atoms with Gasteiger partial charge in [0.2, 0.25) is 12.7 Å². The quantitative estimate of drug-likeness (QED) is 0.239. The van der Waals surface area contributed by atoms with Crippen LogP contribution in [-0.4, -0.2) is 33.0 Å². The van der Waals surface area contributed by atoms with Crippen molar-refractivity contribution in [3.8, 4) is 22.8 Å². The lowest BCUT2D eigenvalue weighted by atomic mass is 10.2. The summed E-state index contributed by atoms with van der Waals surface area (Å²) in [6.07, 6.45) is 0. The van der Waals surface area contributed by atoms with Gasteiger partial charge in [0, 0.05) is 17.4 Å². The van der Waals surface area contributed by atoms with Crippen LogP contribution >= 0.6 is 11.8 Å². The molecule has 6 rings (SSSR count). The minimum atomic E-state index is -0.219. The molecule has 0 fully saturated rings. The van der Waals surface area contributed by atoms with Gasteiger partial charge in [-0.25, -0.2) is 4.98 Å². The molecule has 0 spiro atoms. The minimum absolute atomic E-state index is 0.0805. The van der Waals surface area contributed by atoms with E-state index in [0.29, 0.717) is 39.9 Å². The van der Waals surface area contributed by atoms with Crippen LogP contribution in [0.25, 0.3) is 22.3 Å². The molecule has 1 aliphatic heterocycles. The van der Waals surface area contributed by atoms with Gasteiger partial charge in [0.25, 0.3) is 5.56 Å². The Balaban J connectivity index is 1.30. The molecule has 0 aliphatic carbocycles. The fourth-order valence-electron chi connectivity index (χ4n) is 4.17. The van der Waals surface area contributed by atoms with E-state index in [4.69, 9.17) is 14.5 Å². The Morgan fingerprint density at radius 1 is 0.973 bits per heavy atom. The maximum Gasteiger partial charge on any atom is 0.278 e. The maximum atomic E-state index is 13.6. The van der Waals surface area contributed by atoms with Gasteiger partial charge in [-0.15, -0.1) is 0 Å². The Bertz CT molecular complexity index is 1650. The van der Waals surface area contributed by atoms with Gasteiger partial charge in [-0.3, -0.25) is 14.2 Å². The second kappa shape index (κ2) is 9.87. The minimum Gasteiger partial charge on any atom is -0.454 e. The zero-order chi connectivity index (χ0) is 25.2. The summed E-state index contributed by atoms with van der Waals surface area (Å²) in [6.45, 7) is 0.509. The number of aromatic amines is 1. The van der Waals surface area contributed by atoms with Crippen LogP contribution in [0.1, 0.15) is 5.56 Å². The number of amides is 1. The molecule has 3 heterocycles. The van der Waals surface area contributed by atoms with Crippen LogP contribution in [0.5, 0.6) is 11.5 Å². The number of rotatable bonds is 7. The van der Waals surface area contributed by atoms with E-state index in [-0.39, 0.29) is 24.0 Å². The van der Waals surface area contributed by atoms with Crippen molar-refractivity contribution in [1.82, 2.24) is 14.5 Å². The molecule has 5 aromatic rings. The Morgan fingerprint density at radius 2 is 1.73 bits per heavy atom. The number of carbonyl (C=O) groups excluding carboxylic acids is 1. The Labute approximate surface area is 216 Å². The monoisotopic (exact) mass is 510 g/mol. The molecule has 0 radical (unpaired) electrons. The van der Waals surface area contributed by atoms with Crippen molar-refractivity contribution in [2.24, 2.45) is 0 Å². The number of aromatic nitrogens is 3. The number of hydrogen-bond donors (Lipinski definition) is 2. The fraction of sp³-hybridized carbons (Fsp3) is 0.107. The lowest BCUT2D eigenvalue weighted by Crippen LogP contribution is -2.25. The third kappa shape index (κ3) is 4.81. The van der Waals surface area contributed by atoms with Crippen molar-refractivity contribution in [1.29, 1.82) is 0 Å². The highest BCUT2D eigenvalue weighted by molar-refractivity contribution is 7.99. The van der Waals surface area contributed by atoms with Crippen LogP contribution in [-0.2, 0) is 11.3 Å². The van der Waals surface area contributed by atoms with Crippen molar-refractivity contribution in [2.45, 2.75) is 11.7 Å². The molecule has 3 aromatic carbocycles. The van der Waals surface area contributed by atoms with Crippen LogP contribution in [0.4, 0.5) is 5.69 Å². The molecular weight excluding hydrogens is 488 g/mol. The van der Waals surface area contributed by atoms with Gasteiger partial charge in [0.05, 0.1) is 17.8 Å². The summed E-state index contributed by atoms with van der Waals surface area (Å²) in [5.41, 5.74) is 4.16. The van der Waals surface area contributed by atoms with Crippen molar-refractivity contribution < 1.29 is 14.3 Å². The predicted molar refractivity (Wildman–Crippen MR) is 143 cm³/mol. The molecule has 37 heavy (non-hydrogen) atoms. The third-order valence-electron chi connectivity index (χ3n) is 5.96. The van der Waals surface area contributed by atoms with Gasteiger partial charge >= 0.3 is 0 Å². The normalized spacial score (nSPS) is 12.1. The van der Waals surface area contributed by atoms with Gasteiger partial charge in [0.15, 0.2) is 16.7 Å². The molecule has 1 amide bonds. The maximum absolute atomic E-state index is 13.6. The first kappa shape index (κ1) is 22.9. The van der Waals surface area contributed by atoms with E-state index in [0.717, 1.165) is 16.8 Å². The van der Waals surface area contributed by atoms with Gasteiger partial charge < -0.3 is 19.8 Å². The molecule has 0 atom stereocenters. The van der Waals surface area contributed by atoms with Crippen molar-refractivity contribution in [3.63, 3.8) is 0 Å². The predicted octanol–water partition coefficient (Wildman–Crippen LogP) is 4.90. The van der Waals surface area contributed by atoms with Crippen LogP contribution in [0, 0.1) is 0 Å². The van der Waals surface area contributed by atoms with E-state index in [1.54, 1.807) is 22.8 Å². The van der Waals surface area contributed by atoms with E-state index in [1.165, 1.54) is 11.8 Å². The number of benzene rings is 3. The first-order valence-corrected chi connectivity index (χ1v) is 12.7. The number of H-pyrrole nitrogens is 1. The first-order valence-electron chi connectivity index (χ1n) is 11.7. The Hall–Kier alpha value is -4.50. The van der Waals surface area contributed by atoms with E-state index in [9.17, 15) is 9.59 Å². The van der Waals surface area contributed by atoms with Crippen LogP contribution in [0.3, 0.4) is 0 Å². The second-order valence-corrected chi connectivity index (χ2v) is 9.43. The number of hydrogen-bond acceptors (Lipinski definition) is 6. The summed E-state index contributed by atoms with van der Waals surface area (Å²) in [5.74, 6) is 1.10. The van der Waals surface area contributed by atoms with Crippen molar-refractivity contribution in [3.05, 3.63) is 101 Å². The molecule has 8 nitrogen and oxygen atoms in total. The molecule has 184 valence electrons. The zero-order valence-corrected chi connectivity index (χ0v) is 20.5. The van der Waals surface area contributed by atoms with Crippen LogP contribution in [0.15, 0.2) is 94.9 Å². The number of nitrogens with one attached hydrogen (secondary N) is 2. The smallest absolute Gasteiger partial charge is 0.278 e. The van der Waals surface area contributed by atoms with Crippen molar-refractivity contribution >= 4 is 34.4 Å². The Morgan fingerprint density at radius 3 is 2.54 bits per heavy atom. The number of ether oxygens (including phenoxy) is 2. The standard InChI is InChI=1S/C28H22N4O4S/c33-25(29-20-11-12-23-24(13-20)36-17-35-23)16-37-28-31-22-14-21(19-9-5-2-6-10-19)30-26(22)27(34)32(28)15-18-7-3-1-4-8-18/h1-14,30H,15-17H2,(H,29,33). The number of carbonyl (C=O) groups is 1. The number of fused-ring (bicyclic) bond motifs is 2. The summed E-state index contributed by atoms with van der Waals surface area (Å²) in [4.78, 5) is 34.4. The molecule has 9 heteroatoms. The summed E-state index contributed by atoms with van der Waals surface area (Å²) in [5, 5.41) is 3.34. The summed E-state index contributed by atoms with van der Waals surface area (Å²) in [7, 11) is 0. The lowest BCUT2D eigenvalue weighted by molar-refractivity contribution is -0.113. The number of nitrogens with zero attached hydrogens (tertiary/aromatic N) is 2. The molecule has 0 saturated heterocycles. The highest BCUT2D eigenvalue weighted by Crippen LogP contribution is 2.34. The van der Waals surface area contributed by atoms with Gasteiger partial charge in [-0.1, -0.05) is 72.4 Å². The van der Waals surface area contributed by atoms with Gasteiger partial charge in [0.1, 0.15) is 5.52 Å². The van der Waals surface area contributed by atoms with E-state index < -0.39 is 0 Å². The molecule has 0 bridgehead atoms. The molecule has 0 unspecified atom stereocenters. The molecule has 0 saturated carbocycles. The van der Waals surface area contributed by atoms with E-state index >= 15 is 0 Å². The molecule has 2 N–H and O–H groups in total.